The Morgan fingerprint density at radius 1 is 1.24 bits per heavy atom. The van der Waals surface area contributed by atoms with Gasteiger partial charge < -0.3 is 15.8 Å². The zero-order valence-electron chi connectivity index (χ0n) is 11.8. The molecule has 1 amide bonds. The Labute approximate surface area is 128 Å². The second-order valence-electron chi connectivity index (χ2n) is 4.49. The van der Waals surface area contributed by atoms with Gasteiger partial charge in [0, 0.05) is 17.5 Å². The first-order chi connectivity index (χ1) is 10.2. The number of rotatable bonds is 6. The Kier molecular flexibility index (Phi) is 5.51. The number of nitrogens with two attached hydrogens (primary N) is 1. The molecule has 0 saturated carbocycles. The van der Waals surface area contributed by atoms with E-state index in [2.05, 4.69) is 5.32 Å². The molecule has 2 rings (SSSR count). The molecule has 110 valence electrons. The van der Waals surface area contributed by atoms with Crippen LogP contribution in [0.5, 0.6) is 5.75 Å². The summed E-state index contributed by atoms with van der Waals surface area (Å²) in [5.41, 5.74) is 8.13. The smallest absolute Gasteiger partial charge is 0.234 e. The number of carbonyl (C=O) groups excluding carboxylic acids is 1. The number of methoxy groups -OCH3 is 1. The fourth-order valence-electron chi connectivity index (χ4n) is 1.83. The predicted octanol–water partition coefficient (Wildman–Crippen LogP) is 3.15. The second kappa shape index (κ2) is 7.59. The molecule has 2 aromatic rings. The van der Waals surface area contributed by atoms with Crippen molar-refractivity contribution in [3.8, 4) is 5.75 Å². The molecule has 0 aliphatic carbocycles. The summed E-state index contributed by atoms with van der Waals surface area (Å²) in [6.45, 7) is 0. The molecule has 21 heavy (non-hydrogen) atoms. The number of hydrogen-bond acceptors (Lipinski definition) is 4. The molecule has 3 N–H and O–H groups in total. The van der Waals surface area contributed by atoms with Crippen LogP contribution in [0.15, 0.2) is 48.5 Å². The van der Waals surface area contributed by atoms with E-state index in [0.29, 0.717) is 22.9 Å². The highest BCUT2D eigenvalue weighted by Crippen LogP contribution is 2.26. The average molecular weight is 302 g/mol. The van der Waals surface area contributed by atoms with Crippen LogP contribution in [-0.2, 0) is 10.5 Å². The Hall–Kier alpha value is -2.14. The number of benzene rings is 2. The van der Waals surface area contributed by atoms with Crippen molar-refractivity contribution in [2.45, 2.75) is 5.75 Å². The van der Waals surface area contributed by atoms with E-state index in [-0.39, 0.29) is 5.91 Å². The van der Waals surface area contributed by atoms with Crippen LogP contribution in [0.3, 0.4) is 0 Å². The summed E-state index contributed by atoms with van der Waals surface area (Å²) in [6, 6.07) is 15.2. The molecular weight excluding hydrogens is 284 g/mol. The summed E-state index contributed by atoms with van der Waals surface area (Å²) >= 11 is 1.57. The molecular formula is C16H18N2O2S. The monoisotopic (exact) mass is 302 g/mol. The zero-order valence-corrected chi connectivity index (χ0v) is 12.7. The maximum atomic E-state index is 11.9. The van der Waals surface area contributed by atoms with E-state index < -0.39 is 0 Å². The summed E-state index contributed by atoms with van der Waals surface area (Å²) < 4.78 is 5.20. The molecule has 4 nitrogen and oxygen atoms in total. The first kappa shape index (κ1) is 15.3. The van der Waals surface area contributed by atoms with Crippen LogP contribution in [-0.4, -0.2) is 18.8 Å². The van der Waals surface area contributed by atoms with Crippen molar-refractivity contribution in [2.75, 3.05) is 23.9 Å². The first-order valence-electron chi connectivity index (χ1n) is 6.54. The van der Waals surface area contributed by atoms with Crippen LogP contribution in [0.1, 0.15) is 5.56 Å². The van der Waals surface area contributed by atoms with Crippen LogP contribution in [0.2, 0.25) is 0 Å². The van der Waals surface area contributed by atoms with Crippen molar-refractivity contribution < 1.29 is 9.53 Å². The van der Waals surface area contributed by atoms with Crippen LogP contribution in [0.4, 0.5) is 11.4 Å². The number of thioether (sulfide) groups is 1. The molecule has 5 heteroatoms. The second-order valence-corrected chi connectivity index (χ2v) is 5.47. The van der Waals surface area contributed by atoms with Crippen LogP contribution in [0, 0.1) is 0 Å². The van der Waals surface area contributed by atoms with Gasteiger partial charge in [0.05, 0.1) is 18.6 Å². The summed E-state index contributed by atoms with van der Waals surface area (Å²) in [6.07, 6.45) is 0. The van der Waals surface area contributed by atoms with Gasteiger partial charge in [-0.3, -0.25) is 4.79 Å². The maximum Gasteiger partial charge on any atom is 0.234 e. The lowest BCUT2D eigenvalue weighted by Gasteiger charge is -2.10. The van der Waals surface area contributed by atoms with Gasteiger partial charge in [0.1, 0.15) is 5.75 Å². The highest BCUT2D eigenvalue weighted by molar-refractivity contribution is 7.99. The van der Waals surface area contributed by atoms with E-state index >= 15 is 0 Å². The van der Waals surface area contributed by atoms with E-state index in [1.165, 1.54) is 5.56 Å². The highest BCUT2D eigenvalue weighted by atomic mass is 32.2. The number of hydrogen-bond donors (Lipinski definition) is 2. The number of nitrogens with one attached hydrogen (secondary N) is 1. The Morgan fingerprint density at radius 2 is 2.00 bits per heavy atom. The third kappa shape index (κ3) is 4.72. The molecule has 2 aromatic carbocycles. The summed E-state index contributed by atoms with van der Waals surface area (Å²) in [5, 5.41) is 2.83. The lowest BCUT2D eigenvalue weighted by molar-refractivity contribution is -0.113. The SMILES string of the molecule is COc1cc(N)ccc1NC(=O)CSCc1ccccc1. The normalized spacial score (nSPS) is 10.1. The molecule has 0 aromatic heterocycles. The fourth-order valence-corrected chi connectivity index (χ4v) is 2.62. The molecule has 0 fully saturated rings. The summed E-state index contributed by atoms with van der Waals surface area (Å²) in [7, 11) is 1.55. The molecule has 0 saturated heterocycles. The molecule has 0 radical (unpaired) electrons. The molecule has 0 unspecified atom stereocenters. The van der Waals surface area contributed by atoms with Gasteiger partial charge in [-0.05, 0) is 17.7 Å². The quantitative estimate of drug-likeness (QED) is 0.805. The Morgan fingerprint density at radius 3 is 2.71 bits per heavy atom. The van der Waals surface area contributed by atoms with Crippen molar-refractivity contribution in [3.05, 3.63) is 54.1 Å². The average Bonchev–Trinajstić information content (AvgIpc) is 2.50. The van der Waals surface area contributed by atoms with E-state index in [9.17, 15) is 4.79 Å². The van der Waals surface area contributed by atoms with Crippen LogP contribution in [0.25, 0.3) is 0 Å². The largest absolute Gasteiger partial charge is 0.494 e. The maximum absolute atomic E-state index is 11.9. The van der Waals surface area contributed by atoms with Crippen molar-refractivity contribution in [2.24, 2.45) is 0 Å². The van der Waals surface area contributed by atoms with Gasteiger partial charge >= 0.3 is 0 Å². The Bertz CT molecular complexity index is 602. The minimum absolute atomic E-state index is 0.0565. The summed E-state index contributed by atoms with van der Waals surface area (Å²) in [4.78, 5) is 11.9. The molecule has 0 aliphatic heterocycles. The van der Waals surface area contributed by atoms with Gasteiger partial charge in [0.25, 0.3) is 0 Å². The summed E-state index contributed by atoms with van der Waals surface area (Å²) in [5.74, 6) is 1.71. The fraction of sp³-hybridized carbons (Fsp3) is 0.188. The number of carbonyl (C=O) groups is 1. The van der Waals surface area contributed by atoms with E-state index in [1.807, 2.05) is 30.3 Å². The minimum Gasteiger partial charge on any atom is -0.494 e. The number of ether oxygens (including phenoxy) is 1. The van der Waals surface area contributed by atoms with Crippen molar-refractivity contribution in [1.82, 2.24) is 0 Å². The van der Waals surface area contributed by atoms with Gasteiger partial charge in [-0.15, -0.1) is 11.8 Å². The Balaban J connectivity index is 1.85. The first-order valence-corrected chi connectivity index (χ1v) is 7.69. The lowest BCUT2D eigenvalue weighted by Crippen LogP contribution is -2.15. The van der Waals surface area contributed by atoms with Gasteiger partial charge in [0.2, 0.25) is 5.91 Å². The third-order valence-corrected chi connectivity index (χ3v) is 3.85. The standard InChI is InChI=1S/C16H18N2O2S/c1-20-15-9-13(17)7-8-14(15)18-16(19)11-21-10-12-5-3-2-4-6-12/h2-9H,10-11,17H2,1H3,(H,18,19). The zero-order chi connectivity index (χ0) is 15.1. The minimum atomic E-state index is -0.0565. The third-order valence-electron chi connectivity index (χ3n) is 2.84. The van der Waals surface area contributed by atoms with Gasteiger partial charge in [-0.25, -0.2) is 0 Å². The lowest BCUT2D eigenvalue weighted by atomic mass is 10.2. The predicted molar refractivity (Wildman–Crippen MR) is 88.6 cm³/mol. The number of amides is 1. The van der Waals surface area contributed by atoms with E-state index in [4.69, 9.17) is 10.5 Å². The van der Waals surface area contributed by atoms with E-state index in [1.54, 1.807) is 37.1 Å². The van der Waals surface area contributed by atoms with Crippen LogP contribution >= 0.6 is 11.8 Å². The molecule has 0 aliphatic rings. The van der Waals surface area contributed by atoms with Crippen molar-refractivity contribution >= 4 is 29.0 Å². The molecule has 0 heterocycles. The number of nitrogen functional groups attached to an aromatic ring is 1. The van der Waals surface area contributed by atoms with Crippen molar-refractivity contribution in [3.63, 3.8) is 0 Å². The van der Waals surface area contributed by atoms with Gasteiger partial charge in [0.15, 0.2) is 0 Å². The molecule has 0 bridgehead atoms. The van der Waals surface area contributed by atoms with E-state index in [0.717, 1.165) is 5.75 Å². The van der Waals surface area contributed by atoms with Gasteiger partial charge in [-0.2, -0.15) is 0 Å². The topological polar surface area (TPSA) is 64.3 Å². The number of anilines is 2. The molecule has 0 atom stereocenters. The molecule has 0 spiro atoms. The van der Waals surface area contributed by atoms with Crippen LogP contribution < -0.4 is 15.8 Å². The highest BCUT2D eigenvalue weighted by Gasteiger charge is 2.08. The van der Waals surface area contributed by atoms with Gasteiger partial charge in [-0.1, -0.05) is 30.3 Å². The van der Waals surface area contributed by atoms with Crippen molar-refractivity contribution in [1.29, 1.82) is 0 Å².